The molecule has 1 atom stereocenters. The number of amides is 1. The van der Waals surface area contributed by atoms with Crippen molar-refractivity contribution in [3.05, 3.63) is 41.4 Å². The molecule has 0 saturated carbocycles. The normalized spacial score (nSPS) is 11.4. The summed E-state index contributed by atoms with van der Waals surface area (Å²) in [6.07, 6.45) is -0.204. The van der Waals surface area contributed by atoms with Gasteiger partial charge in [0.15, 0.2) is 6.10 Å². The lowest BCUT2D eigenvalue weighted by Crippen LogP contribution is -2.32. The highest BCUT2D eigenvalue weighted by Crippen LogP contribution is 2.36. The van der Waals surface area contributed by atoms with Crippen molar-refractivity contribution in [2.75, 3.05) is 26.6 Å². The first-order valence-corrected chi connectivity index (χ1v) is 8.43. The number of ether oxygens (including phenoxy) is 4. The summed E-state index contributed by atoms with van der Waals surface area (Å²) in [5.74, 6) is 1.76. The maximum Gasteiger partial charge on any atom is 0.265 e. The number of anilines is 1. The van der Waals surface area contributed by atoms with Crippen LogP contribution in [-0.2, 0) is 4.79 Å². The molecular weight excluding hydrogens is 358 g/mol. The molecule has 0 unspecified atom stereocenters. The molecule has 0 aliphatic heterocycles. The van der Waals surface area contributed by atoms with E-state index in [0.717, 1.165) is 0 Å². The maximum atomic E-state index is 12.7. The van der Waals surface area contributed by atoms with Crippen molar-refractivity contribution in [3.63, 3.8) is 0 Å². The van der Waals surface area contributed by atoms with Crippen LogP contribution in [-0.4, -0.2) is 33.3 Å². The van der Waals surface area contributed by atoms with Gasteiger partial charge in [0.05, 0.1) is 32.0 Å². The van der Waals surface area contributed by atoms with Crippen LogP contribution in [0.4, 0.5) is 5.69 Å². The van der Waals surface area contributed by atoms with Gasteiger partial charge < -0.3 is 24.3 Å². The molecule has 1 N–H and O–H groups in total. The summed E-state index contributed by atoms with van der Waals surface area (Å²) in [4.78, 5) is 12.7. The molecule has 1 amide bonds. The Morgan fingerprint density at radius 1 is 1.04 bits per heavy atom. The third-order valence-electron chi connectivity index (χ3n) is 3.71. The Bertz CT molecular complexity index is 766. The Hall–Kier alpha value is -2.60. The summed E-state index contributed by atoms with van der Waals surface area (Å²) in [5.41, 5.74) is 0.450. The molecule has 0 spiro atoms. The topological polar surface area (TPSA) is 66.0 Å². The van der Waals surface area contributed by atoms with Crippen molar-refractivity contribution >= 4 is 23.2 Å². The molecule has 0 aliphatic rings. The van der Waals surface area contributed by atoms with E-state index in [0.29, 0.717) is 40.1 Å². The highest BCUT2D eigenvalue weighted by molar-refractivity contribution is 6.32. The van der Waals surface area contributed by atoms with Crippen LogP contribution < -0.4 is 24.3 Å². The average molecular weight is 380 g/mol. The van der Waals surface area contributed by atoms with Gasteiger partial charge >= 0.3 is 0 Å². The molecular formula is C19H22ClNO5. The molecule has 0 aliphatic carbocycles. The zero-order chi connectivity index (χ0) is 19.1. The molecule has 26 heavy (non-hydrogen) atoms. The second kappa shape index (κ2) is 9.20. The molecule has 0 fully saturated rings. The quantitative estimate of drug-likeness (QED) is 0.745. The fraction of sp³-hybridized carbons (Fsp3) is 0.316. The summed E-state index contributed by atoms with van der Waals surface area (Å²) in [7, 11) is 4.57. The third kappa shape index (κ3) is 4.73. The van der Waals surface area contributed by atoms with Gasteiger partial charge in [-0.25, -0.2) is 0 Å². The number of hydrogen-bond acceptors (Lipinski definition) is 5. The van der Waals surface area contributed by atoms with E-state index in [1.807, 2.05) is 6.92 Å². The Morgan fingerprint density at radius 2 is 1.73 bits per heavy atom. The molecule has 6 nitrogen and oxygen atoms in total. The minimum Gasteiger partial charge on any atom is -0.497 e. The highest BCUT2D eigenvalue weighted by Gasteiger charge is 2.21. The van der Waals surface area contributed by atoms with Gasteiger partial charge in [0.2, 0.25) is 0 Å². The Kier molecular flexibility index (Phi) is 6.97. The van der Waals surface area contributed by atoms with Crippen molar-refractivity contribution in [1.82, 2.24) is 0 Å². The van der Waals surface area contributed by atoms with Gasteiger partial charge in [-0.1, -0.05) is 24.6 Å². The summed E-state index contributed by atoms with van der Waals surface area (Å²) >= 11 is 6.09. The van der Waals surface area contributed by atoms with Crippen molar-refractivity contribution in [3.8, 4) is 23.0 Å². The van der Waals surface area contributed by atoms with Crippen molar-refractivity contribution in [1.29, 1.82) is 0 Å². The predicted molar refractivity (Wildman–Crippen MR) is 101 cm³/mol. The van der Waals surface area contributed by atoms with Gasteiger partial charge in [0.25, 0.3) is 5.91 Å². The van der Waals surface area contributed by atoms with E-state index in [-0.39, 0.29) is 5.91 Å². The lowest BCUT2D eigenvalue weighted by atomic mass is 10.2. The summed E-state index contributed by atoms with van der Waals surface area (Å²) < 4.78 is 21.4. The number of halogens is 1. The smallest absolute Gasteiger partial charge is 0.265 e. The van der Waals surface area contributed by atoms with Crippen LogP contribution in [0.2, 0.25) is 5.02 Å². The molecule has 140 valence electrons. The molecule has 2 rings (SSSR count). The molecule has 0 bridgehead atoms. The first-order valence-electron chi connectivity index (χ1n) is 8.05. The van der Waals surface area contributed by atoms with Crippen molar-refractivity contribution < 1.29 is 23.7 Å². The second-order valence-electron chi connectivity index (χ2n) is 5.37. The number of nitrogens with one attached hydrogen (secondary N) is 1. The number of methoxy groups -OCH3 is 3. The van der Waals surface area contributed by atoms with Gasteiger partial charge in [0.1, 0.15) is 23.0 Å². The van der Waals surface area contributed by atoms with E-state index in [4.69, 9.17) is 30.5 Å². The van der Waals surface area contributed by atoms with E-state index >= 15 is 0 Å². The van der Waals surface area contributed by atoms with Crippen LogP contribution in [0.5, 0.6) is 23.0 Å². The fourth-order valence-corrected chi connectivity index (χ4v) is 2.56. The number of rotatable bonds is 8. The standard InChI is InChI=1S/C19H22ClNO5/c1-5-16(26-13-8-6-7-12(9-13)23-2)19(22)21-15-11-17(24-3)14(20)10-18(15)25-4/h6-11,16H,5H2,1-4H3,(H,21,22)/t16-/m0/s1. The fourth-order valence-electron chi connectivity index (χ4n) is 2.33. The number of carbonyl (C=O) groups is 1. The number of carbonyl (C=O) groups excluding carboxylic acids is 1. The molecule has 2 aromatic carbocycles. The first-order chi connectivity index (χ1) is 12.5. The van der Waals surface area contributed by atoms with Gasteiger partial charge in [0, 0.05) is 18.2 Å². The van der Waals surface area contributed by atoms with E-state index in [9.17, 15) is 4.79 Å². The van der Waals surface area contributed by atoms with Crippen molar-refractivity contribution in [2.45, 2.75) is 19.4 Å². The zero-order valence-corrected chi connectivity index (χ0v) is 15.9. The van der Waals surface area contributed by atoms with Crippen LogP contribution in [0.3, 0.4) is 0 Å². The van der Waals surface area contributed by atoms with Gasteiger partial charge in [-0.15, -0.1) is 0 Å². The molecule has 0 aromatic heterocycles. The second-order valence-corrected chi connectivity index (χ2v) is 5.78. The summed E-state index contributed by atoms with van der Waals surface area (Å²) in [6.45, 7) is 1.87. The number of hydrogen-bond donors (Lipinski definition) is 1. The summed E-state index contributed by atoms with van der Waals surface area (Å²) in [6, 6.07) is 10.3. The monoisotopic (exact) mass is 379 g/mol. The SMILES string of the molecule is CC[C@H](Oc1cccc(OC)c1)C(=O)Nc1cc(OC)c(Cl)cc1OC. The zero-order valence-electron chi connectivity index (χ0n) is 15.2. The highest BCUT2D eigenvalue weighted by atomic mass is 35.5. The molecule has 0 saturated heterocycles. The molecule has 7 heteroatoms. The Balaban J connectivity index is 2.18. The van der Waals surface area contributed by atoms with Gasteiger partial charge in [-0.3, -0.25) is 4.79 Å². The summed E-state index contributed by atoms with van der Waals surface area (Å²) in [5, 5.41) is 3.20. The predicted octanol–water partition coefficient (Wildman–Crippen LogP) is 4.16. The molecule has 0 heterocycles. The largest absolute Gasteiger partial charge is 0.497 e. The van der Waals surface area contributed by atoms with E-state index in [1.165, 1.54) is 14.2 Å². The van der Waals surface area contributed by atoms with Crippen LogP contribution in [0.25, 0.3) is 0 Å². The maximum absolute atomic E-state index is 12.7. The lowest BCUT2D eigenvalue weighted by molar-refractivity contribution is -0.122. The van der Waals surface area contributed by atoms with Crippen molar-refractivity contribution in [2.24, 2.45) is 0 Å². The minimum absolute atomic E-state index is 0.307. The van der Waals surface area contributed by atoms with Crippen LogP contribution >= 0.6 is 11.6 Å². The van der Waals surface area contributed by atoms with Crippen LogP contribution in [0, 0.1) is 0 Å². The first kappa shape index (κ1) is 19.7. The van der Waals surface area contributed by atoms with Crippen LogP contribution in [0.1, 0.15) is 13.3 Å². The van der Waals surface area contributed by atoms with E-state index in [2.05, 4.69) is 5.32 Å². The minimum atomic E-state index is -0.687. The van der Waals surface area contributed by atoms with Gasteiger partial charge in [-0.05, 0) is 18.6 Å². The van der Waals surface area contributed by atoms with E-state index < -0.39 is 6.10 Å². The number of benzene rings is 2. The molecule has 0 radical (unpaired) electrons. The molecule has 2 aromatic rings. The average Bonchev–Trinajstić information content (AvgIpc) is 2.67. The van der Waals surface area contributed by atoms with Gasteiger partial charge in [-0.2, -0.15) is 0 Å². The Labute approximate surface area is 158 Å². The lowest BCUT2D eigenvalue weighted by Gasteiger charge is -2.19. The third-order valence-corrected chi connectivity index (χ3v) is 4.01. The van der Waals surface area contributed by atoms with E-state index in [1.54, 1.807) is 43.5 Å². The Morgan fingerprint density at radius 3 is 2.35 bits per heavy atom. The van der Waals surface area contributed by atoms with Crippen LogP contribution in [0.15, 0.2) is 36.4 Å².